The van der Waals surface area contributed by atoms with Gasteiger partial charge in [-0.1, -0.05) is 95.4 Å². The highest BCUT2D eigenvalue weighted by Gasteiger charge is 2.09. The first-order chi connectivity index (χ1) is 17.6. The first-order valence-electron chi connectivity index (χ1n) is 12.5. The van der Waals surface area contributed by atoms with E-state index < -0.39 is 0 Å². The molecule has 3 aromatic rings. The number of nitrogen functional groups attached to an aromatic ring is 1. The topological polar surface area (TPSA) is 92.4 Å². The molecule has 0 radical (unpaired) electrons. The van der Waals surface area contributed by atoms with Crippen molar-refractivity contribution in [3.8, 4) is 5.75 Å². The van der Waals surface area contributed by atoms with Crippen molar-refractivity contribution in [1.82, 2.24) is 0 Å². The van der Waals surface area contributed by atoms with Crippen molar-refractivity contribution in [2.75, 3.05) is 11.1 Å². The normalized spacial score (nSPS) is 8.92. The van der Waals surface area contributed by atoms with Crippen molar-refractivity contribution in [1.29, 1.82) is 0 Å². The molecule has 3 aromatic carbocycles. The maximum atomic E-state index is 11.3. The van der Waals surface area contributed by atoms with E-state index in [9.17, 15) is 9.59 Å². The van der Waals surface area contributed by atoms with Crippen molar-refractivity contribution in [2.45, 2.75) is 68.2 Å². The van der Waals surface area contributed by atoms with E-state index in [0.717, 1.165) is 11.3 Å². The van der Waals surface area contributed by atoms with E-state index in [0.29, 0.717) is 27.8 Å². The van der Waals surface area contributed by atoms with Gasteiger partial charge in [0.15, 0.2) is 5.78 Å². The monoisotopic (exact) mass is 548 g/mol. The second kappa shape index (κ2) is 21.1. The molecule has 0 aliphatic rings. The second-order valence-corrected chi connectivity index (χ2v) is 8.11. The molecule has 0 saturated heterocycles. The largest absolute Gasteiger partial charge is 0.507 e. The lowest BCUT2D eigenvalue weighted by Crippen LogP contribution is -2.01. The summed E-state index contributed by atoms with van der Waals surface area (Å²) in [7, 11) is 0. The maximum absolute atomic E-state index is 11.3. The number of Topliss-reactive ketones (excluding diaryl/α,β-unsaturated/α-hetero) is 2. The van der Waals surface area contributed by atoms with E-state index in [2.05, 4.69) is 19.2 Å². The van der Waals surface area contributed by atoms with Gasteiger partial charge >= 0.3 is 0 Å². The predicted molar refractivity (Wildman–Crippen MR) is 162 cm³/mol. The second-order valence-electron chi connectivity index (χ2n) is 7.30. The van der Waals surface area contributed by atoms with Crippen LogP contribution in [0.25, 0.3) is 0 Å². The van der Waals surface area contributed by atoms with Gasteiger partial charge in [0.05, 0.1) is 21.3 Å². The Morgan fingerprint density at radius 2 is 1.38 bits per heavy atom. The molecule has 0 heterocycles. The lowest BCUT2D eigenvalue weighted by molar-refractivity contribution is -0.116. The summed E-state index contributed by atoms with van der Waals surface area (Å²) >= 11 is 12.2. The van der Waals surface area contributed by atoms with Crippen LogP contribution in [0.1, 0.15) is 77.7 Å². The predicted octanol–water partition coefficient (Wildman–Crippen LogP) is 9.51. The van der Waals surface area contributed by atoms with Gasteiger partial charge in [0, 0.05) is 17.8 Å². The minimum atomic E-state index is -0.185. The molecule has 0 fully saturated rings. The molecule has 37 heavy (non-hydrogen) atoms. The number of anilines is 3. The molecule has 7 heteroatoms. The fourth-order valence-electron chi connectivity index (χ4n) is 2.65. The van der Waals surface area contributed by atoms with E-state index in [-0.39, 0.29) is 22.9 Å². The van der Waals surface area contributed by atoms with Crippen LogP contribution in [-0.2, 0) is 11.2 Å². The molecule has 0 saturated carbocycles. The number of rotatable bonds is 5. The van der Waals surface area contributed by atoms with Gasteiger partial charge in [-0.2, -0.15) is 0 Å². The van der Waals surface area contributed by atoms with Gasteiger partial charge in [-0.3, -0.25) is 9.59 Å². The summed E-state index contributed by atoms with van der Waals surface area (Å²) < 4.78 is 0. The van der Waals surface area contributed by atoms with Crippen LogP contribution < -0.4 is 11.1 Å². The summed E-state index contributed by atoms with van der Waals surface area (Å²) in [6.45, 7) is 15.2. The number of nitrogens with one attached hydrogen (secondary N) is 1. The number of nitrogens with two attached hydrogens (primary N) is 1. The van der Waals surface area contributed by atoms with Gasteiger partial charge in [-0.15, -0.1) is 0 Å². The van der Waals surface area contributed by atoms with E-state index in [1.54, 1.807) is 31.2 Å². The third-order valence-corrected chi connectivity index (χ3v) is 4.71. The minimum Gasteiger partial charge on any atom is -0.507 e. The molecule has 0 spiro atoms. The molecule has 0 amide bonds. The summed E-state index contributed by atoms with van der Waals surface area (Å²) in [6.07, 6.45) is 1.63. The Balaban J connectivity index is 0. The van der Waals surface area contributed by atoms with Gasteiger partial charge in [-0.25, -0.2) is 0 Å². The first-order valence-corrected chi connectivity index (χ1v) is 13.2. The van der Waals surface area contributed by atoms with Gasteiger partial charge in [0.1, 0.15) is 11.5 Å². The number of halogens is 2. The van der Waals surface area contributed by atoms with Crippen LogP contribution in [0.2, 0.25) is 10.0 Å². The van der Waals surface area contributed by atoms with Crippen LogP contribution in [0.15, 0.2) is 60.7 Å². The number of ketones is 2. The Morgan fingerprint density at radius 3 is 1.84 bits per heavy atom. The molecule has 0 aliphatic carbocycles. The molecule has 3 rings (SSSR count). The quantitative estimate of drug-likeness (QED) is 0.167. The summed E-state index contributed by atoms with van der Waals surface area (Å²) in [5, 5.41) is 13.4. The maximum Gasteiger partial charge on any atom is 0.163 e. The zero-order chi connectivity index (χ0) is 29.0. The lowest BCUT2D eigenvalue weighted by Gasteiger charge is -2.13. The Labute approximate surface area is 233 Å². The van der Waals surface area contributed by atoms with Gasteiger partial charge in [0.2, 0.25) is 0 Å². The van der Waals surface area contributed by atoms with E-state index in [1.807, 2.05) is 52.0 Å². The van der Waals surface area contributed by atoms with Crippen molar-refractivity contribution in [2.24, 2.45) is 0 Å². The SMILES string of the molecule is CC.CC.CC(=O)Cc1ccccc1Nc1c(Cl)cccc1Cl.CC(=O)c1cc(N)ccc1O.CCC. The van der Waals surface area contributed by atoms with Crippen LogP contribution >= 0.6 is 23.2 Å². The summed E-state index contributed by atoms with van der Waals surface area (Å²) in [5.41, 5.74) is 8.57. The number of carbonyl (C=O) groups excluding carboxylic acids is 2. The third kappa shape index (κ3) is 14.3. The van der Waals surface area contributed by atoms with Crippen LogP contribution in [0.5, 0.6) is 5.75 Å². The average molecular weight is 550 g/mol. The van der Waals surface area contributed by atoms with E-state index >= 15 is 0 Å². The highest BCUT2D eigenvalue weighted by Crippen LogP contribution is 2.33. The fourth-order valence-corrected chi connectivity index (χ4v) is 3.14. The molecular weight excluding hydrogens is 507 g/mol. The molecule has 0 unspecified atom stereocenters. The summed E-state index contributed by atoms with van der Waals surface area (Å²) in [5.74, 6) is -0.0963. The first kappa shape index (κ1) is 36.1. The molecule has 0 atom stereocenters. The van der Waals surface area contributed by atoms with E-state index in [1.165, 1.54) is 25.5 Å². The summed E-state index contributed by atoms with van der Waals surface area (Å²) in [4.78, 5) is 22.1. The van der Waals surface area contributed by atoms with E-state index in [4.69, 9.17) is 34.0 Å². The molecular formula is C30H42Cl2N2O3. The zero-order valence-corrected chi connectivity index (χ0v) is 24.8. The smallest absolute Gasteiger partial charge is 0.163 e. The zero-order valence-electron chi connectivity index (χ0n) is 23.3. The molecule has 0 aromatic heterocycles. The number of hydrogen-bond acceptors (Lipinski definition) is 5. The van der Waals surface area contributed by atoms with Gasteiger partial charge < -0.3 is 16.2 Å². The Hall–Kier alpha value is -3.02. The Bertz CT molecular complexity index is 1070. The number of phenols is 1. The van der Waals surface area contributed by atoms with Crippen LogP contribution in [0, 0.1) is 0 Å². The van der Waals surface area contributed by atoms with Crippen molar-refractivity contribution < 1.29 is 14.7 Å². The third-order valence-electron chi connectivity index (χ3n) is 4.08. The fraction of sp³-hybridized carbons (Fsp3) is 0.333. The van der Waals surface area contributed by atoms with Crippen LogP contribution in [0.3, 0.4) is 0 Å². The molecule has 4 N–H and O–H groups in total. The minimum absolute atomic E-state index is 0.0216. The molecule has 0 bridgehead atoms. The standard InChI is InChI=1S/C15H13Cl2NO.C8H9NO2.C3H8.2C2H6/c1-10(19)9-11-5-2-3-8-14(11)18-15-12(16)6-4-7-13(15)17;1-5(10)7-4-6(9)2-3-8(7)11;1-3-2;2*1-2/h2-8,18H,9H2,1H3;2-4,11H,9H2,1H3;3H2,1-2H3;2*1-2H3. The van der Waals surface area contributed by atoms with Crippen molar-refractivity contribution in [3.05, 3.63) is 81.8 Å². The average Bonchev–Trinajstić information content (AvgIpc) is 2.87. The molecule has 204 valence electrons. The van der Waals surface area contributed by atoms with Crippen LogP contribution in [0.4, 0.5) is 17.1 Å². The van der Waals surface area contributed by atoms with Crippen molar-refractivity contribution in [3.63, 3.8) is 0 Å². The van der Waals surface area contributed by atoms with Crippen LogP contribution in [-0.4, -0.2) is 16.7 Å². The number of benzene rings is 3. The number of para-hydroxylation sites is 2. The Kier molecular flexibility index (Phi) is 20.6. The highest BCUT2D eigenvalue weighted by molar-refractivity contribution is 6.39. The highest BCUT2D eigenvalue weighted by atomic mass is 35.5. The van der Waals surface area contributed by atoms with Gasteiger partial charge in [-0.05, 0) is 55.8 Å². The number of hydrogen-bond donors (Lipinski definition) is 3. The Morgan fingerprint density at radius 1 is 0.865 bits per heavy atom. The number of carbonyl (C=O) groups is 2. The molecule has 0 aliphatic heterocycles. The van der Waals surface area contributed by atoms with Crippen molar-refractivity contribution >= 4 is 51.8 Å². The van der Waals surface area contributed by atoms with Gasteiger partial charge in [0.25, 0.3) is 0 Å². The molecule has 5 nitrogen and oxygen atoms in total. The number of aromatic hydroxyl groups is 1. The number of phenolic OH excluding ortho intramolecular Hbond substituents is 1. The lowest BCUT2D eigenvalue weighted by atomic mass is 10.1. The summed E-state index contributed by atoms with van der Waals surface area (Å²) in [6, 6.07) is 17.3.